The highest BCUT2D eigenvalue weighted by Crippen LogP contribution is 2.30. The van der Waals surface area contributed by atoms with E-state index in [0.29, 0.717) is 12.8 Å². The zero-order valence-corrected chi connectivity index (χ0v) is 12.0. The molecule has 126 valence electrons. The molecule has 0 spiro atoms. The molecule has 1 amide bonds. The zero-order chi connectivity index (χ0) is 17.3. The molecule has 1 aliphatic rings. The molecular weight excluding hydrogens is 325 g/mol. The van der Waals surface area contributed by atoms with E-state index in [0.717, 1.165) is 4.90 Å². The lowest BCUT2D eigenvalue weighted by Gasteiger charge is -2.33. The molecule has 0 N–H and O–H groups in total. The van der Waals surface area contributed by atoms with Crippen LogP contribution in [0.15, 0.2) is 0 Å². The number of amides is 1. The average Bonchev–Trinajstić information content (AvgIpc) is 2.54. The van der Waals surface area contributed by atoms with Crippen LogP contribution in [0, 0.1) is 29.1 Å². The van der Waals surface area contributed by atoms with E-state index in [1.165, 1.54) is 6.92 Å². The molecule has 1 saturated heterocycles. The maximum atomic E-state index is 13.5. The Labute approximate surface area is 127 Å². The third-order valence-corrected chi connectivity index (χ3v) is 3.55. The second-order valence-electron chi connectivity index (χ2n) is 5.04. The molecule has 1 atom stereocenters. The van der Waals surface area contributed by atoms with E-state index in [9.17, 15) is 31.5 Å². The van der Waals surface area contributed by atoms with Crippen LogP contribution < -0.4 is 4.74 Å². The number of nitrogens with zero attached hydrogens (tertiary/aromatic N) is 1. The third-order valence-electron chi connectivity index (χ3n) is 3.55. The number of carbonyl (C=O) groups is 2. The van der Waals surface area contributed by atoms with Crippen molar-refractivity contribution in [3.05, 3.63) is 29.1 Å². The van der Waals surface area contributed by atoms with Crippen LogP contribution in [-0.2, 0) is 9.59 Å². The molecule has 9 heteroatoms. The molecule has 1 fully saturated rings. The fraction of sp³-hybridized carbons (Fsp3) is 0.429. The van der Waals surface area contributed by atoms with Crippen molar-refractivity contribution in [1.29, 1.82) is 0 Å². The Balaban J connectivity index is 2.32. The molecule has 4 nitrogen and oxygen atoms in total. The van der Waals surface area contributed by atoms with Gasteiger partial charge in [0.15, 0.2) is 0 Å². The van der Waals surface area contributed by atoms with Crippen LogP contribution in [0.2, 0.25) is 0 Å². The summed E-state index contributed by atoms with van der Waals surface area (Å²) in [4.78, 5) is 24.6. The molecule has 0 saturated carbocycles. The predicted octanol–water partition coefficient (Wildman–Crippen LogP) is 2.69. The van der Waals surface area contributed by atoms with Crippen LogP contribution in [0.5, 0.6) is 5.75 Å². The Kier molecular flexibility index (Phi) is 4.86. The standard InChI is InChI=1S/C14H12F5NO3/c1-6(21)20-5-3-2-4-7(20)14(22)23-13-11(18)9(16)8(15)10(17)12(13)19/h7H,2-5H2,1H3. The second kappa shape index (κ2) is 6.51. The average molecular weight is 337 g/mol. The molecule has 23 heavy (non-hydrogen) atoms. The molecule has 2 rings (SSSR count). The van der Waals surface area contributed by atoms with Crippen molar-refractivity contribution in [2.24, 2.45) is 0 Å². The van der Waals surface area contributed by atoms with Gasteiger partial charge >= 0.3 is 5.97 Å². The number of benzene rings is 1. The van der Waals surface area contributed by atoms with Crippen molar-refractivity contribution in [3.63, 3.8) is 0 Å². The first-order valence-corrected chi connectivity index (χ1v) is 6.76. The van der Waals surface area contributed by atoms with Crippen LogP contribution >= 0.6 is 0 Å². The summed E-state index contributed by atoms with van der Waals surface area (Å²) in [6.45, 7) is 1.44. The lowest BCUT2D eigenvalue weighted by atomic mass is 10.0. The first kappa shape index (κ1) is 17.2. The number of carbonyl (C=O) groups excluding carboxylic acids is 2. The predicted molar refractivity (Wildman–Crippen MR) is 66.9 cm³/mol. The topological polar surface area (TPSA) is 46.6 Å². The fourth-order valence-corrected chi connectivity index (χ4v) is 2.40. The van der Waals surface area contributed by atoms with E-state index < -0.39 is 52.8 Å². The third kappa shape index (κ3) is 3.13. The van der Waals surface area contributed by atoms with Crippen LogP contribution in [0.25, 0.3) is 0 Å². The van der Waals surface area contributed by atoms with Gasteiger partial charge in [-0.3, -0.25) is 4.79 Å². The highest BCUT2D eigenvalue weighted by molar-refractivity contribution is 5.84. The highest BCUT2D eigenvalue weighted by atomic mass is 19.2. The van der Waals surface area contributed by atoms with Gasteiger partial charge in [0, 0.05) is 13.5 Å². The van der Waals surface area contributed by atoms with Crippen molar-refractivity contribution in [2.45, 2.75) is 32.2 Å². The van der Waals surface area contributed by atoms with Gasteiger partial charge in [-0.25, -0.2) is 18.0 Å². The first-order valence-electron chi connectivity index (χ1n) is 6.76. The lowest BCUT2D eigenvalue weighted by Crippen LogP contribution is -2.48. The molecule has 1 unspecified atom stereocenters. The largest absolute Gasteiger partial charge is 0.418 e. The number of hydrogen-bond donors (Lipinski definition) is 0. The second-order valence-corrected chi connectivity index (χ2v) is 5.04. The van der Waals surface area contributed by atoms with Crippen molar-refractivity contribution in [3.8, 4) is 5.75 Å². The van der Waals surface area contributed by atoms with Crippen LogP contribution in [-0.4, -0.2) is 29.4 Å². The molecule has 0 bridgehead atoms. The Bertz CT molecular complexity index is 635. The van der Waals surface area contributed by atoms with Crippen molar-refractivity contribution in [2.75, 3.05) is 6.54 Å². The molecular formula is C14H12F5NO3. The summed E-state index contributed by atoms with van der Waals surface area (Å²) in [5.74, 6) is -14.6. The van der Waals surface area contributed by atoms with Gasteiger partial charge in [0.05, 0.1) is 0 Å². The zero-order valence-electron chi connectivity index (χ0n) is 12.0. The smallest absolute Gasteiger partial charge is 0.334 e. The van der Waals surface area contributed by atoms with E-state index in [4.69, 9.17) is 0 Å². The number of rotatable bonds is 2. The normalized spacial score (nSPS) is 18.0. The van der Waals surface area contributed by atoms with Gasteiger partial charge in [-0.2, -0.15) is 8.78 Å². The summed E-state index contributed by atoms with van der Waals surface area (Å²) in [5.41, 5.74) is 0. The number of likely N-dealkylation sites (tertiary alicyclic amines) is 1. The summed E-state index contributed by atoms with van der Waals surface area (Å²) in [7, 11) is 0. The first-order chi connectivity index (χ1) is 10.8. The van der Waals surface area contributed by atoms with E-state index in [1.807, 2.05) is 0 Å². The SMILES string of the molecule is CC(=O)N1CCCCC1C(=O)Oc1c(F)c(F)c(F)c(F)c1F. The Morgan fingerprint density at radius 3 is 2.00 bits per heavy atom. The van der Waals surface area contributed by atoms with Crippen LogP contribution in [0.4, 0.5) is 22.0 Å². The van der Waals surface area contributed by atoms with Gasteiger partial charge in [0.25, 0.3) is 0 Å². The van der Waals surface area contributed by atoms with Gasteiger partial charge in [0.1, 0.15) is 6.04 Å². The Hall–Kier alpha value is -2.19. The van der Waals surface area contributed by atoms with Crippen molar-refractivity contribution < 1.29 is 36.3 Å². The maximum absolute atomic E-state index is 13.5. The molecule has 1 aliphatic heterocycles. The van der Waals surface area contributed by atoms with Gasteiger partial charge in [-0.15, -0.1) is 0 Å². The molecule has 0 aliphatic carbocycles. The molecule has 1 heterocycles. The monoisotopic (exact) mass is 337 g/mol. The highest BCUT2D eigenvalue weighted by Gasteiger charge is 2.35. The van der Waals surface area contributed by atoms with E-state index >= 15 is 0 Å². The number of piperidine rings is 1. The fourth-order valence-electron chi connectivity index (χ4n) is 2.40. The molecule has 0 radical (unpaired) electrons. The number of halogens is 5. The maximum Gasteiger partial charge on any atom is 0.334 e. The summed E-state index contributed by atoms with van der Waals surface area (Å²) < 4.78 is 70.5. The minimum absolute atomic E-state index is 0.174. The van der Waals surface area contributed by atoms with E-state index in [1.54, 1.807) is 0 Å². The van der Waals surface area contributed by atoms with Crippen molar-refractivity contribution in [1.82, 2.24) is 4.90 Å². The number of ether oxygens (including phenoxy) is 1. The number of hydrogen-bond acceptors (Lipinski definition) is 3. The number of esters is 1. The van der Waals surface area contributed by atoms with Gasteiger partial charge in [-0.05, 0) is 19.3 Å². The summed E-state index contributed by atoms with van der Waals surface area (Å²) in [5, 5.41) is 0. The van der Waals surface area contributed by atoms with Crippen LogP contribution in [0.3, 0.4) is 0 Å². The van der Waals surface area contributed by atoms with E-state index in [2.05, 4.69) is 4.74 Å². The minimum Gasteiger partial charge on any atom is -0.418 e. The Morgan fingerprint density at radius 2 is 1.48 bits per heavy atom. The summed E-state index contributed by atoms with van der Waals surface area (Å²) >= 11 is 0. The molecule has 1 aromatic carbocycles. The summed E-state index contributed by atoms with van der Waals surface area (Å²) in [6, 6.07) is -1.13. The van der Waals surface area contributed by atoms with Crippen LogP contribution in [0.1, 0.15) is 26.2 Å². The summed E-state index contributed by atoms with van der Waals surface area (Å²) in [6.07, 6.45) is 1.36. The Morgan fingerprint density at radius 1 is 0.957 bits per heavy atom. The van der Waals surface area contributed by atoms with Gasteiger partial charge < -0.3 is 9.64 Å². The quantitative estimate of drug-likeness (QED) is 0.274. The minimum atomic E-state index is -2.34. The van der Waals surface area contributed by atoms with Crippen molar-refractivity contribution >= 4 is 11.9 Å². The lowest BCUT2D eigenvalue weighted by molar-refractivity contribution is -0.149. The van der Waals surface area contributed by atoms with E-state index in [-0.39, 0.29) is 13.0 Å². The molecule has 0 aromatic heterocycles. The molecule has 1 aromatic rings. The van der Waals surface area contributed by atoms with Gasteiger partial charge in [-0.1, -0.05) is 0 Å². The van der Waals surface area contributed by atoms with Gasteiger partial charge in [0.2, 0.25) is 40.7 Å².